The van der Waals surface area contributed by atoms with Gasteiger partial charge in [-0.05, 0) is 65.9 Å². The Balaban J connectivity index is 1.25. The molecule has 1 aromatic heterocycles. The minimum Gasteiger partial charge on any atom is -0.308 e. The molecular weight excluding hydrogens is 378 g/mol. The lowest BCUT2D eigenvalue weighted by atomic mass is 9.97. The predicted octanol–water partition coefficient (Wildman–Crippen LogP) is 3.52. The number of aromatic nitrogens is 4. The average molecular weight is 403 g/mol. The molecule has 3 aromatic rings. The fraction of sp³-hybridized carbons (Fsp3) is 0.364. The summed E-state index contributed by atoms with van der Waals surface area (Å²) in [6, 6.07) is 14.1. The number of hydrogen-bond donors (Lipinski definition) is 2. The molecule has 0 saturated heterocycles. The third-order valence-corrected chi connectivity index (χ3v) is 5.72. The van der Waals surface area contributed by atoms with Gasteiger partial charge in [0.15, 0.2) is 5.82 Å². The molecule has 0 unspecified atom stereocenters. The van der Waals surface area contributed by atoms with Gasteiger partial charge in [-0.25, -0.2) is 9.48 Å². The molecular formula is C22H25N7O. The molecule has 2 aromatic carbocycles. The quantitative estimate of drug-likeness (QED) is 0.681. The highest BCUT2D eigenvalue weighted by atomic mass is 16.2. The summed E-state index contributed by atoms with van der Waals surface area (Å²) in [5.41, 5.74) is 5.25. The van der Waals surface area contributed by atoms with Crippen molar-refractivity contribution in [2.75, 3.05) is 17.2 Å². The summed E-state index contributed by atoms with van der Waals surface area (Å²) in [5.74, 6) is 0.938. The van der Waals surface area contributed by atoms with E-state index in [4.69, 9.17) is 0 Å². The molecule has 2 N–H and O–H groups in total. The average Bonchev–Trinajstić information content (AvgIpc) is 3.49. The van der Waals surface area contributed by atoms with Gasteiger partial charge in [0.05, 0.1) is 12.6 Å². The zero-order chi connectivity index (χ0) is 20.5. The first kappa shape index (κ1) is 18.7. The summed E-state index contributed by atoms with van der Waals surface area (Å²) in [4.78, 5) is 14.8. The number of amides is 2. The van der Waals surface area contributed by atoms with Gasteiger partial charge in [0.25, 0.3) is 0 Å². The van der Waals surface area contributed by atoms with E-state index in [9.17, 15) is 4.79 Å². The minimum atomic E-state index is -0.224. The van der Waals surface area contributed by atoms with Crippen LogP contribution in [-0.2, 0) is 19.5 Å². The van der Waals surface area contributed by atoms with Crippen LogP contribution in [0.15, 0.2) is 42.5 Å². The topological polar surface area (TPSA) is 88.0 Å². The number of nitrogens with one attached hydrogen (secondary N) is 2. The van der Waals surface area contributed by atoms with Crippen LogP contribution in [0, 0.1) is 6.92 Å². The van der Waals surface area contributed by atoms with Gasteiger partial charge in [0.2, 0.25) is 0 Å². The Morgan fingerprint density at radius 3 is 2.77 bits per heavy atom. The van der Waals surface area contributed by atoms with Crippen LogP contribution in [0.25, 0.3) is 0 Å². The highest BCUT2D eigenvalue weighted by Gasteiger charge is 2.29. The summed E-state index contributed by atoms with van der Waals surface area (Å²) >= 11 is 0. The number of carbonyl (C=O) groups excluding carboxylic acids is 1. The van der Waals surface area contributed by atoms with Gasteiger partial charge in [-0.3, -0.25) is 4.90 Å². The van der Waals surface area contributed by atoms with Gasteiger partial charge in [0.1, 0.15) is 0 Å². The molecule has 1 fully saturated rings. The minimum absolute atomic E-state index is 0.224. The second-order valence-corrected chi connectivity index (χ2v) is 8.12. The standard InChI is InChI=1S/C22H25N7O/c1-15-5-7-17(8-6-15)23-22(30)24-20-4-2-3-16-13-28(12-11-19(16)20)14-21-25-26-27-29(21)18-9-10-18/h2-8,18H,9-14H2,1H3,(H2,23,24,30). The predicted molar refractivity (Wildman–Crippen MR) is 114 cm³/mol. The number of carbonyl (C=O) groups is 1. The van der Waals surface area contributed by atoms with E-state index in [0.717, 1.165) is 48.8 Å². The van der Waals surface area contributed by atoms with E-state index in [1.807, 2.05) is 48.0 Å². The maximum Gasteiger partial charge on any atom is 0.323 e. The van der Waals surface area contributed by atoms with Crippen LogP contribution < -0.4 is 10.6 Å². The van der Waals surface area contributed by atoms with Gasteiger partial charge >= 0.3 is 6.03 Å². The molecule has 8 nitrogen and oxygen atoms in total. The van der Waals surface area contributed by atoms with E-state index in [0.29, 0.717) is 6.04 Å². The Morgan fingerprint density at radius 1 is 1.13 bits per heavy atom. The molecule has 154 valence electrons. The van der Waals surface area contributed by atoms with Gasteiger partial charge in [-0.2, -0.15) is 0 Å². The molecule has 1 aliphatic heterocycles. The molecule has 1 saturated carbocycles. The van der Waals surface area contributed by atoms with Crippen LogP contribution in [0.1, 0.15) is 41.4 Å². The van der Waals surface area contributed by atoms with Crippen molar-refractivity contribution in [3.05, 3.63) is 65.0 Å². The zero-order valence-corrected chi connectivity index (χ0v) is 17.0. The van der Waals surface area contributed by atoms with Gasteiger partial charge in [0, 0.05) is 24.5 Å². The lowest BCUT2D eigenvalue weighted by molar-refractivity contribution is 0.234. The Kier molecular flexibility index (Phi) is 4.92. The fourth-order valence-electron chi connectivity index (χ4n) is 3.96. The number of aryl methyl sites for hydroxylation is 1. The molecule has 30 heavy (non-hydrogen) atoms. The lowest BCUT2D eigenvalue weighted by Gasteiger charge is -2.29. The third kappa shape index (κ3) is 4.04. The van der Waals surface area contributed by atoms with Crippen LogP contribution in [0.4, 0.5) is 16.2 Å². The Hall–Kier alpha value is -3.26. The van der Waals surface area contributed by atoms with Crippen LogP contribution in [-0.4, -0.2) is 37.7 Å². The highest BCUT2D eigenvalue weighted by molar-refractivity contribution is 6.00. The van der Waals surface area contributed by atoms with Crippen molar-refractivity contribution in [2.45, 2.75) is 45.3 Å². The van der Waals surface area contributed by atoms with Crippen molar-refractivity contribution in [1.82, 2.24) is 25.1 Å². The molecule has 1 aliphatic carbocycles. The summed E-state index contributed by atoms with van der Waals surface area (Å²) in [6.45, 7) is 4.50. The van der Waals surface area contributed by atoms with Crippen molar-refractivity contribution >= 4 is 17.4 Å². The molecule has 0 bridgehead atoms. The summed E-state index contributed by atoms with van der Waals surface area (Å²) in [5, 5.41) is 18.2. The number of fused-ring (bicyclic) bond motifs is 1. The zero-order valence-electron chi connectivity index (χ0n) is 17.0. The summed E-state index contributed by atoms with van der Waals surface area (Å²) in [6.07, 6.45) is 3.21. The van der Waals surface area contributed by atoms with E-state index in [2.05, 4.69) is 37.1 Å². The Bertz CT molecular complexity index is 1060. The van der Waals surface area contributed by atoms with Crippen LogP contribution in [0.3, 0.4) is 0 Å². The van der Waals surface area contributed by atoms with Crippen molar-refractivity contribution in [2.24, 2.45) is 0 Å². The SMILES string of the molecule is Cc1ccc(NC(=O)Nc2cccc3c2CCN(Cc2nnnn2C2CC2)C3)cc1. The van der Waals surface area contributed by atoms with E-state index in [-0.39, 0.29) is 6.03 Å². The molecule has 0 atom stereocenters. The summed E-state index contributed by atoms with van der Waals surface area (Å²) in [7, 11) is 0. The fourth-order valence-corrected chi connectivity index (χ4v) is 3.96. The van der Waals surface area contributed by atoms with Crippen molar-refractivity contribution in [3.63, 3.8) is 0 Å². The first-order valence-electron chi connectivity index (χ1n) is 10.4. The molecule has 5 rings (SSSR count). The smallest absolute Gasteiger partial charge is 0.308 e. The van der Waals surface area contributed by atoms with Gasteiger partial charge in [-0.15, -0.1) is 5.10 Å². The Labute approximate surface area is 175 Å². The van der Waals surface area contributed by atoms with Crippen LogP contribution in [0.5, 0.6) is 0 Å². The van der Waals surface area contributed by atoms with Crippen LogP contribution in [0.2, 0.25) is 0 Å². The van der Waals surface area contributed by atoms with Crippen molar-refractivity contribution in [3.8, 4) is 0 Å². The molecule has 0 radical (unpaired) electrons. The first-order valence-corrected chi connectivity index (χ1v) is 10.4. The number of tetrazole rings is 1. The molecule has 2 amide bonds. The normalized spacial score (nSPS) is 16.2. The number of hydrogen-bond acceptors (Lipinski definition) is 5. The third-order valence-electron chi connectivity index (χ3n) is 5.72. The summed E-state index contributed by atoms with van der Waals surface area (Å²) < 4.78 is 1.98. The number of rotatable bonds is 5. The molecule has 0 spiro atoms. The van der Waals surface area contributed by atoms with E-state index >= 15 is 0 Å². The van der Waals surface area contributed by atoms with Gasteiger partial charge < -0.3 is 10.6 Å². The number of nitrogens with zero attached hydrogens (tertiary/aromatic N) is 5. The van der Waals surface area contributed by atoms with Crippen LogP contribution >= 0.6 is 0 Å². The number of urea groups is 1. The second kappa shape index (κ2) is 7.87. The number of anilines is 2. The maximum atomic E-state index is 12.5. The van der Waals surface area contributed by atoms with Crippen molar-refractivity contribution in [1.29, 1.82) is 0 Å². The molecule has 2 aliphatic rings. The largest absolute Gasteiger partial charge is 0.323 e. The van der Waals surface area contributed by atoms with Crippen molar-refractivity contribution < 1.29 is 4.79 Å². The van der Waals surface area contributed by atoms with E-state index in [1.54, 1.807) is 0 Å². The second-order valence-electron chi connectivity index (χ2n) is 8.12. The Morgan fingerprint density at radius 2 is 1.97 bits per heavy atom. The molecule has 2 heterocycles. The first-order chi connectivity index (χ1) is 14.7. The highest BCUT2D eigenvalue weighted by Crippen LogP contribution is 2.35. The lowest BCUT2D eigenvalue weighted by Crippen LogP contribution is -2.32. The monoisotopic (exact) mass is 403 g/mol. The maximum absolute atomic E-state index is 12.5. The van der Waals surface area contributed by atoms with Gasteiger partial charge in [-0.1, -0.05) is 29.8 Å². The number of benzene rings is 2. The van der Waals surface area contributed by atoms with E-state index in [1.165, 1.54) is 24.0 Å². The van der Waals surface area contributed by atoms with E-state index < -0.39 is 0 Å². The molecule has 8 heteroatoms.